The van der Waals surface area contributed by atoms with Gasteiger partial charge in [0.15, 0.2) is 0 Å². The smallest absolute Gasteiger partial charge is 0.245 e. The maximum atomic E-state index is 12.3. The van der Waals surface area contributed by atoms with E-state index in [4.69, 9.17) is 4.74 Å². The van der Waals surface area contributed by atoms with Gasteiger partial charge in [0.2, 0.25) is 11.8 Å². The van der Waals surface area contributed by atoms with Gasteiger partial charge < -0.3 is 14.5 Å². The fraction of sp³-hybridized carbons (Fsp3) is 0.556. The summed E-state index contributed by atoms with van der Waals surface area (Å²) in [6, 6.07) is 9.34. The summed E-state index contributed by atoms with van der Waals surface area (Å²) >= 11 is 0. The lowest BCUT2D eigenvalue weighted by molar-refractivity contribution is -0.155. The van der Waals surface area contributed by atoms with Crippen LogP contribution in [-0.2, 0) is 9.59 Å². The molecule has 1 aromatic carbocycles. The van der Waals surface area contributed by atoms with Gasteiger partial charge in [-0.25, -0.2) is 0 Å². The Hall–Kier alpha value is -2.04. The first-order valence-corrected chi connectivity index (χ1v) is 8.39. The lowest BCUT2D eigenvalue weighted by Gasteiger charge is -2.38. The van der Waals surface area contributed by atoms with Crippen LogP contribution in [0.2, 0.25) is 0 Å². The Morgan fingerprint density at radius 3 is 2.57 bits per heavy atom. The third-order valence-corrected chi connectivity index (χ3v) is 4.08. The Morgan fingerprint density at radius 2 is 1.87 bits per heavy atom. The zero-order valence-corrected chi connectivity index (χ0v) is 14.0. The zero-order chi connectivity index (χ0) is 16.7. The average molecular weight is 318 g/mol. The number of hydrogen-bond donors (Lipinski definition) is 0. The number of piperazine rings is 1. The highest BCUT2D eigenvalue weighted by atomic mass is 16.5. The third-order valence-electron chi connectivity index (χ3n) is 4.08. The van der Waals surface area contributed by atoms with Crippen molar-refractivity contribution in [3.05, 3.63) is 30.3 Å². The average Bonchev–Trinajstić information content (AvgIpc) is 2.56. The summed E-state index contributed by atoms with van der Waals surface area (Å²) in [4.78, 5) is 27.8. The molecule has 0 spiro atoms. The minimum atomic E-state index is -0.349. The summed E-state index contributed by atoms with van der Waals surface area (Å²) in [7, 11) is 0. The van der Waals surface area contributed by atoms with Gasteiger partial charge in [-0.3, -0.25) is 9.59 Å². The summed E-state index contributed by atoms with van der Waals surface area (Å²) in [5.41, 5.74) is 0. The van der Waals surface area contributed by atoms with Crippen LogP contribution < -0.4 is 4.74 Å². The van der Waals surface area contributed by atoms with Crippen molar-refractivity contribution in [2.75, 3.05) is 26.2 Å². The van der Waals surface area contributed by atoms with E-state index in [1.54, 1.807) is 9.80 Å². The quantitative estimate of drug-likeness (QED) is 0.691. The third kappa shape index (κ3) is 4.71. The van der Waals surface area contributed by atoms with Crippen molar-refractivity contribution in [3.63, 3.8) is 0 Å². The van der Waals surface area contributed by atoms with Crippen LogP contribution in [0.25, 0.3) is 0 Å². The first-order valence-electron chi connectivity index (χ1n) is 8.39. The van der Waals surface area contributed by atoms with Gasteiger partial charge in [-0.05, 0) is 38.3 Å². The highest BCUT2D eigenvalue weighted by Gasteiger charge is 2.35. The molecule has 2 rings (SSSR count). The normalized spacial score (nSPS) is 18.4. The second-order valence-corrected chi connectivity index (χ2v) is 5.89. The Morgan fingerprint density at radius 1 is 1.13 bits per heavy atom. The molecule has 1 aliphatic heterocycles. The lowest BCUT2D eigenvalue weighted by atomic mass is 10.1. The van der Waals surface area contributed by atoms with Crippen LogP contribution in [0.4, 0.5) is 0 Å². The van der Waals surface area contributed by atoms with Crippen LogP contribution in [0.5, 0.6) is 5.75 Å². The molecule has 2 amide bonds. The van der Waals surface area contributed by atoms with Crippen LogP contribution in [0.15, 0.2) is 30.3 Å². The first kappa shape index (κ1) is 17.3. The van der Waals surface area contributed by atoms with Crippen LogP contribution in [0.3, 0.4) is 0 Å². The van der Waals surface area contributed by atoms with Crippen LogP contribution >= 0.6 is 0 Å². The number of carbonyl (C=O) groups is 2. The molecular formula is C18H26N2O3. The summed E-state index contributed by atoms with van der Waals surface area (Å²) < 4.78 is 5.64. The van der Waals surface area contributed by atoms with Gasteiger partial charge in [0.1, 0.15) is 11.8 Å². The monoisotopic (exact) mass is 318 g/mol. The molecule has 1 aliphatic rings. The first-order chi connectivity index (χ1) is 11.1. The predicted molar refractivity (Wildman–Crippen MR) is 89.2 cm³/mol. The summed E-state index contributed by atoms with van der Waals surface area (Å²) in [5, 5.41) is 0. The van der Waals surface area contributed by atoms with Crippen molar-refractivity contribution >= 4 is 11.8 Å². The SMILES string of the molecule is CCCN1CC(=O)N(CCCCOc2ccccc2)[C@@H](C)C1=O. The van der Waals surface area contributed by atoms with E-state index >= 15 is 0 Å². The molecule has 23 heavy (non-hydrogen) atoms. The largest absolute Gasteiger partial charge is 0.494 e. The fourth-order valence-electron chi connectivity index (χ4n) is 2.81. The summed E-state index contributed by atoms with van der Waals surface area (Å²) in [6.45, 7) is 5.95. The molecule has 126 valence electrons. The maximum Gasteiger partial charge on any atom is 0.245 e. The van der Waals surface area contributed by atoms with Gasteiger partial charge in [0, 0.05) is 13.1 Å². The van der Waals surface area contributed by atoms with Gasteiger partial charge in [-0.2, -0.15) is 0 Å². The molecule has 1 heterocycles. The van der Waals surface area contributed by atoms with E-state index in [2.05, 4.69) is 0 Å². The van der Waals surface area contributed by atoms with Gasteiger partial charge >= 0.3 is 0 Å². The van der Waals surface area contributed by atoms with Crippen LogP contribution in [-0.4, -0.2) is 53.9 Å². The molecule has 5 heteroatoms. The molecule has 1 saturated heterocycles. The molecule has 1 atom stereocenters. The zero-order valence-electron chi connectivity index (χ0n) is 14.0. The number of rotatable bonds is 8. The molecule has 0 bridgehead atoms. The van der Waals surface area contributed by atoms with Crippen molar-refractivity contribution in [1.29, 1.82) is 0 Å². The number of ether oxygens (including phenoxy) is 1. The number of carbonyl (C=O) groups excluding carboxylic acids is 2. The van der Waals surface area contributed by atoms with Gasteiger partial charge in [-0.15, -0.1) is 0 Å². The predicted octanol–water partition coefficient (Wildman–Crippen LogP) is 2.31. The fourth-order valence-corrected chi connectivity index (χ4v) is 2.81. The molecule has 0 saturated carbocycles. The molecule has 0 radical (unpaired) electrons. The topological polar surface area (TPSA) is 49.9 Å². The molecule has 0 aliphatic carbocycles. The minimum absolute atomic E-state index is 0.0505. The molecule has 0 aromatic heterocycles. The lowest BCUT2D eigenvalue weighted by Crippen LogP contribution is -2.59. The van der Waals surface area contributed by atoms with E-state index < -0.39 is 0 Å². The number of hydrogen-bond acceptors (Lipinski definition) is 3. The standard InChI is InChI=1S/C18H26N2O3/c1-3-11-19-14-17(21)20(15(2)18(19)22)12-7-8-13-23-16-9-5-4-6-10-16/h4-6,9-10,15H,3,7-8,11-14H2,1-2H3/t15-/m0/s1. The number of nitrogens with zero attached hydrogens (tertiary/aromatic N) is 2. The van der Waals surface area contributed by atoms with Crippen molar-refractivity contribution < 1.29 is 14.3 Å². The second-order valence-electron chi connectivity index (χ2n) is 5.89. The second kappa shape index (κ2) is 8.56. The van der Waals surface area contributed by atoms with E-state index in [1.807, 2.05) is 44.2 Å². The van der Waals surface area contributed by atoms with E-state index in [1.165, 1.54) is 0 Å². The molecule has 1 fully saturated rings. The molecular weight excluding hydrogens is 292 g/mol. The van der Waals surface area contributed by atoms with Gasteiger partial charge in [0.25, 0.3) is 0 Å². The minimum Gasteiger partial charge on any atom is -0.494 e. The van der Waals surface area contributed by atoms with Gasteiger partial charge in [0.05, 0.1) is 13.2 Å². The Balaban J connectivity index is 1.72. The van der Waals surface area contributed by atoms with E-state index in [-0.39, 0.29) is 24.4 Å². The van der Waals surface area contributed by atoms with Gasteiger partial charge in [-0.1, -0.05) is 25.1 Å². The summed E-state index contributed by atoms with van der Waals surface area (Å²) in [6.07, 6.45) is 2.57. The molecule has 5 nitrogen and oxygen atoms in total. The molecule has 1 aromatic rings. The molecule has 0 unspecified atom stereocenters. The van der Waals surface area contributed by atoms with Crippen molar-refractivity contribution in [3.8, 4) is 5.75 Å². The molecule has 0 N–H and O–H groups in total. The van der Waals surface area contributed by atoms with Crippen LogP contribution in [0.1, 0.15) is 33.1 Å². The maximum absolute atomic E-state index is 12.3. The Kier molecular flexibility index (Phi) is 6.44. The Bertz CT molecular complexity index is 518. The number of benzene rings is 1. The van der Waals surface area contributed by atoms with E-state index in [0.717, 1.165) is 25.0 Å². The van der Waals surface area contributed by atoms with E-state index in [9.17, 15) is 9.59 Å². The van der Waals surface area contributed by atoms with E-state index in [0.29, 0.717) is 19.7 Å². The van der Waals surface area contributed by atoms with Crippen molar-refractivity contribution in [2.45, 2.75) is 39.2 Å². The number of unbranched alkanes of at least 4 members (excludes halogenated alkanes) is 1. The van der Waals surface area contributed by atoms with Crippen LogP contribution in [0, 0.1) is 0 Å². The highest BCUT2D eigenvalue weighted by molar-refractivity contribution is 5.94. The Labute approximate surface area is 138 Å². The number of para-hydroxylation sites is 1. The van der Waals surface area contributed by atoms with Crippen molar-refractivity contribution in [1.82, 2.24) is 9.80 Å². The number of amides is 2. The highest BCUT2D eigenvalue weighted by Crippen LogP contribution is 2.14. The van der Waals surface area contributed by atoms with Crippen molar-refractivity contribution in [2.24, 2.45) is 0 Å². The summed E-state index contributed by atoms with van der Waals surface area (Å²) in [5.74, 6) is 0.974.